The molecule has 1 aromatic rings. The maximum absolute atomic E-state index is 12.3. The first kappa shape index (κ1) is 13.3. The fraction of sp³-hybridized carbons (Fsp3) is 0.733. The van der Waals surface area contributed by atoms with Crippen molar-refractivity contribution in [2.75, 3.05) is 0 Å². The molecule has 0 amide bonds. The normalized spacial score (nSPS) is 24.1. The molecule has 18 heavy (non-hydrogen) atoms. The van der Waals surface area contributed by atoms with Gasteiger partial charge in [0.2, 0.25) is 0 Å². The highest BCUT2D eigenvalue weighted by Gasteiger charge is 2.27. The molecule has 2 rings (SSSR count). The molecule has 0 unspecified atom stereocenters. The smallest absolute Gasteiger partial charge is 0.169 e. The maximum atomic E-state index is 12.3. The average molecular weight is 248 g/mol. The van der Waals surface area contributed by atoms with E-state index in [1.165, 1.54) is 25.7 Å². The molecular formula is C15H24N2O. The fourth-order valence-corrected chi connectivity index (χ4v) is 3.02. The van der Waals surface area contributed by atoms with Crippen LogP contribution in [-0.2, 0) is 6.54 Å². The van der Waals surface area contributed by atoms with Crippen LogP contribution in [0.4, 0.5) is 0 Å². The highest BCUT2D eigenvalue weighted by molar-refractivity contribution is 5.97. The van der Waals surface area contributed by atoms with Crippen LogP contribution < -0.4 is 0 Å². The average Bonchev–Trinajstić information content (AvgIpc) is 2.88. The minimum absolute atomic E-state index is 0.243. The van der Waals surface area contributed by atoms with Crippen molar-refractivity contribution >= 4 is 5.78 Å². The van der Waals surface area contributed by atoms with Gasteiger partial charge in [0.15, 0.2) is 5.78 Å². The number of aryl methyl sites for hydroxylation is 1. The van der Waals surface area contributed by atoms with Crippen LogP contribution in [0.5, 0.6) is 0 Å². The Hall–Kier alpha value is -1.12. The van der Waals surface area contributed by atoms with Gasteiger partial charge in [0.25, 0.3) is 0 Å². The summed E-state index contributed by atoms with van der Waals surface area (Å²) in [6.07, 6.45) is 10.8. The molecule has 0 spiro atoms. The number of Topliss-reactive ketones (excluding diaryl/α,β-unsaturated/α-hetero) is 1. The molecule has 1 saturated carbocycles. The van der Waals surface area contributed by atoms with Gasteiger partial charge in [-0.05, 0) is 38.5 Å². The van der Waals surface area contributed by atoms with E-state index in [9.17, 15) is 4.79 Å². The molecule has 0 N–H and O–H groups in total. The van der Waals surface area contributed by atoms with Crippen LogP contribution in [0.25, 0.3) is 0 Å². The summed E-state index contributed by atoms with van der Waals surface area (Å²) >= 11 is 0. The molecule has 0 radical (unpaired) electrons. The lowest BCUT2D eigenvalue weighted by atomic mass is 9.77. The lowest BCUT2D eigenvalue weighted by Gasteiger charge is -2.27. The van der Waals surface area contributed by atoms with Gasteiger partial charge in [0.1, 0.15) is 0 Å². The van der Waals surface area contributed by atoms with E-state index < -0.39 is 0 Å². The van der Waals surface area contributed by atoms with Crippen molar-refractivity contribution in [3.05, 3.63) is 18.0 Å². The zero-order valence-corrected chi connectivity index (χ0v) is 11.6. The van der Waals surface area contributed by atoms with Crippen LogP contribution >= 0.6 is 0 Å². The van der Waals surface area contributed by atoms with Crippen LogP contribution in [0.15, 0.2) is 12.4 Å². The Morgan fingerprint density at radius 3 is 2.61 bits per heavy atom. The molecular weight excluding hydrogens is 224 g/mol. The molecule has 100 valence electrons. The van der Waals surface area contributed by atoms with E-state index in [1.807, 2.05) is 17.8 Å². The molecule has 1 aromatic heterocycles. The standard InChI is InChI=1S/C15H24N2O/c1-3-5-12-6-8-13(9-7-12)15(18)14-10-16-17(4-2)11-14/h10-13H,3-9H2,1-2H3. The van der Waals surface area contributed by atoms with E-state index in [4.69, 9.17) is 0 Å². The summed E-state index contributed by atoms with van der Waals surface area (Å²) in [5.74, 6) is 1.41. The third kappa shape index (κ3) is 3.01. The zero-order chi connectivity index (χ0) is 13.0. The van der Waals surface area contributed by atoms with Gasteiger partial charge in [-0.15, -0.1) is 0 Å². The van der Waals surface area contributed by atoms with E-state index in [1.54, 1.807) is 6.20 Å². The lowest BCUT2D eigenvalue weighted by Crippen LogP contribution is -2.21. The first-order valence-corrected chi connectivity index (χ1v) is 7.31. The van der Waals surface area contributed by atoms with Gasteiger partial charge >= 0.3 is 0 Å². The third-order valence-electron chi connectivity index (χ3n) is 4.16. The van der Waals surface area contributed by atoms with Crippen molar-refractivity contribution in [2.45, 2.75) is 58.9 Å². The van der Waals surface area contributed by atoms with Gasteiger partial charge in [-0.1, -0.05) is 19.8 Å². The summed E-state index contributed by atoms with van der Waals surface area (Å²) in [7, 11) is 0. The second-order valence-corrected chi connectivity index (χ2v) is 5.46. The lowest BCUT2D eigenvalue weighted by molar-refractivity contribution is 0.0870. The van der Waals surface area contributed by atoms with Crippen molar-refractivity contribution < 1.29 is 4.79 Å². The van der Waals surface area contributed by atoms with Gasteiger partial charge in [-0.2, -0.15) is 5.10 Å². The van der Waals surface area contributed by atoms with Gasteiger partial charge in [0.05, 0.1) is 11.8 Å². The van der Waals surface area contributed by atoms with Crippen molar-refractivity contribution in [3.8, 4) is 0 Å². The van der Waals surface area contributed by atoms with E-state index in [0.717, 1.165) is 30.9 Å². The highest BCUT2D eigenvalue weighted by atomic mass is 16.1. The molecule has 3 nitrogen and oxygen atoms in total. The van der Waals surface area contributed by atoms with Crippen LogP contribution in [0.3, 0.4) is 0 Å². The highest BCUT2D eigenvalue weighted by Crippen LogP contribution is 2.33. The van der Waals surface area contributed by atoms with E-state index in [-0.39, 0.29) is 5.92 Å². The second-order valence-electron chi connectivity index (χ2n) is 5.46. The molecule has 3 heteroatoms. The molecule has 0 atom stereocenters. The van der Waals surface area contributed by atoms with Crippen molar-refractivity contribution in [1.82, 2.24) is 9.78 Å². The Kier molecular flexibility index (Phi) is 4.56. The van der Waals surface area contributed by atoms with Crippen molar-refractivity contribution in [3.63, 3.8) is 0 Å². The molecule has 1 aliphatic rings. The monoisotopic (exact) mass is 248 g/mol. The van der Waals surface area contributed by atoms with E-state index >= 15 is 0 Å². The number of hydrogen-bond donors (Lipinski definition) is 0. The minimum atomic E-state index is 0.243. The summed E-state index contributed by atoms with van der Waals surface area (Å²) < 4.78 is 1.83. The predicted molar refractivity (Wildman–Crippen MR) is 72.6 cm³/mol. The molecule has 0 bridgehead atoms. The molecule has 0 aliphatic heterocycles. The molecule has 1 aliphatic carbocycles. The zero-order valence-electron chi connectivity index (χ0n) is 11.6. The van der Waals surface area contributed by atoms with Crippen LogP contribution in [0, 0.1) is 11.8 Å². The van der Waals surface area contributed by atoms with Crippen molar-refractivity contribution in [1.29, 1.82) is 0 Å². The largest absolute Gasteiger partial charge is 0.294 e. The van der Waals surface area contributed by atoms with Crippen molar-refractivity contribution in [2.24, 2.45) is 11.8 Å². The maximum Gasteiger partial charge on any atom is 0.169 e. The Balaban J connectivity index is 1.91. The summed E-state index contributed by atoms with van der Waals surface area (Å²) in [5.41, 5.74) is 0.802. The molecule has 0 saturated heterocycles. The molecule has 1 fully saturated rings. The SMILES string of the molecule is CCCC1CCC(C(=O)c2cnn(CC)c2)CC1. The summed E-state index contributed by atoms with van der Waals surface area (Å²) in [6, 6.07) is 0. The van der Waals surface area contributed by atoms with E-state index in [2.05, 4.69) is 12.0 Å². The Bertz CT molecular complexity index is 389. The van der Waals surface area contributed by atoms with Gasteiger partial charge in [-0.3, -0.25) is 9.48 Å². The minimum Gasteiger partial charge on any atom is -0.294 e. The molecule has 0 aromatic carbocycles. The molecule has 1 heterocycles. The Labute approximate surface area is 110 Å². The van der Waals surface area contributed by atoms with Gasteiger partial charge < -0.3 is 0 Å². The van der Waals surface area contributed by atoms with Crippen LogP contribution in [0.1, 0.15) is 62.7 Å². The predicted octanol–water partition coefficient (Wildman–Crippen LogP) is 3.69. The van der Waals surface area contributed by atoms with Crippen LogP contribution in [0.2, 0.25) is 0 Å². The second kappa shape index (κ2) is 6.17. The Morgan fingerprint density at radius 1 is 1.33 bits per heavy atom. The number of nitrogens with zero attached hydrogens (tertiary/aromatic N) is 2. The van der Waals surface area contributed by atoms with Gasteiger partial charge in [0, 0.05) is 18.7 Å². The number of hydrogen-bond acceptors (Lipinski definition) is 2. The number of carbonyl (C=O) groups is 1. The summed E-state index contributed by atoms with van der Waals surface area (Å²) in [6.45, 7) is 5.12. The number of carbonyl (C=O) groups excluding carboxylic acids is 1. The number of ketones is 1. The topological polar surface area (TPSA) is 34.9 Å². The van der Waals surface area contributed by atoms with Gasteiger partial charge in [-0.25, -0.2) is 0 Å². The van der Waals surface area contributed by atoms with E-state index in [0.29, 0.717) is 5.78 Å². The van der Waals surface area contributed by atoms with Crippen LogP contribution in [-0.4, -0.2) is 15.6 Å². The number of rotatable bonds is 5. The quantitative estimate of drug-likeness (QED) is 0.745. The third-order valence-corrected chi connectivity index (χ3v) is 4.16. The summed E-state index contributed by atoms with van der Waals surface area (Å²) in [5, 5.41) is 4.19. The first-order valence-electron chi connectivity index (χ1n) is 7.31. The first-order chi connectivity index (χ1) is 8.74. The fourth-order valence-electron chi connectivity index (χ4n) is 3.02. The number of aromatic nitrogens is 2. The summed E-state index contributed by atoms with van der Waals surface area (Å²) in [4.78, 5) is 12.3. The Morgan fingerprint density at radius 2 is 2.06 bits per heavy atom.